The topological polar surface area (TPSA) is 70.0 Å². The predicted molar refractivity (Wildman–Crippen MR) is 92.3 cm³/mol. The van der Waals surface area contributed by atoms with Gasteiger partial charge in [-0.2, -0.15) is 5.26 Å². The van der Waals surface area contributed by atoms with E-state index in [1.54, 1.807) is 6.07 Å². The molecule has 0 heterocycles. The summed E-state index contributed by atoms with van der Waals surface area (Å²) in [5, 5.41) is 18.8. The number of hydrogen-bond donors (Lipinski definition) is 2. The minimum absolute atomic E-state index is 0. The van der Waals surface area contributed by atoms with Crippen LogP contribution in [0, 0.1) is 11.3 Å². The lowest BCUT2D eigenvalue weighted by molar-refractivity contribution is 0.276. The third-order valence-electron chi connectivity index (χ3n) is 3.53. The average Bonchev–Trinajstić information content (AvgIpc) is 2.53. The molecule has 0 aliphatic rings. The summed E-state index contributed by atoms with van der Waals surface area (Å²) in [5.74, 6) is 0.102. The Morgan fingerprint density at radius 3 is 2.64 bits per heavy atom. The van der Waals surface area contributed by atoms with Crippen LogP contribution in [0.3, 0.4) is 0 Å². The smallest absolute Gasteiger partial charge is 0.0991 e. The first-order valence-corrected chi connectivity index (χ1v) is 7.18. The maximum absolute atomic E-state index is 9.12. The molecule has 2 aromatic rings. The van der Waals surface area contributed by atoms with E-state index in [1.165, 1.54) is 0 Å². The van der Waals surface area contributed by atoms with Crippen molar-refractivity contribution < 1.29 is 5.11 Å². The highest BCUT2D eigenvalue weighted by molar-refractivity contribution is 6.33. The number of nitriles is 1. The van der Waals surface area contributed by atoms with Crippen LogP contribution in [-0.4, -0.2) is 18.3 Å². The van der Waals surface area contributed by atoms with E-state index in [9.17, 15) is 0 Å². The summed E-state index contributed by atoms with van der Waals surface area (Å²) in [7, 11) is 0. The molecule has 0 saturated heterocycles. The first-order chi connectivity index (χ1) is 10.2. The lowest BCUT2D eigenvalue weighted by Crippen LogP contribution is -2.14. The van der Waals surface area contributed by atoms with Crippen LogP contribution in [0.1, 0.15) is 23.5 Å². The lowest BCUT2D eigenvalue weighted by Gasteiger charge is -2.16. The number of aliphatic hydroxyl groups excluding tert-OH is 1. The molecule has 0 aliphatic heterocycles. The second kappa shape index (κ2) is 8.77. The Balaban J connectivity index is 0.00000242. The monoisotopic (exact) mass is 336 g/mol. The highest BCUT2D eigenvalue weighted by Gasteiger charge is 2.12. The Kier molecular flexibility index (Phi) is 7.37. The molecule has 0 aromatic heterocycles. The van der Waals surface area contributed by atoms with E-state index in [0.29, 0.717) is 23.6 Å². The summed E-state index contributed by atoms with van der Waals surface area (Å²) >= 11 is 6.29. The Bertz CT molecular complexity index is 668. The zero-order valence-electron chi connectivity index (χ0n) is 12.0. The van der Waals surface area contributed by atoms with Gasteiger partial charge in [0.25, 0.3) is 0 Å². The van der Waals surface area contributed by atoms with Gasteiger partial charge in [-0.1, -0.05) is 29.8 Å². The summed E-state index contributed by atoms with van der Waals surface area (Å²) in [6, 6.07) is 15.2. The van der Waals surface area contributed by atoms with E-state index in [2.05, 4.69) is 6.07 Å². The number of nitrogens with two attached hydrogens (primary N) is 1. The summed E-state index contributed by atoms with van der Waals surface area (Å²) in [5.41, 5.74) is 9.20. The number of nitrogens with zero attached hydrogens (tertiary/aromatic N) is 1. The zero-order chi connectivity index (χ0) is 15.2. The van der Waals surface area contributed by atoms with Crippen molar-refractivity contribution in [2.75, 3.05) is 13.2 Å². The first kappa shape index (κ1) is 18.5. The van der Waals surface area contributed by atoms with Crippen LogP contribution in [0.15, 0.2) is 42.5 Å². The maximum Gasteiger partial charge on any atom is 0.0991 e. The molecule has 3 N–H and O–H groups in total. The normalized spacial score (nSPS) is 11.4. The molecule has 5 heteroatoms. The Morgan fingerprint density at radius 2 is 2.00 bits per heavy atom. The number of benzene rings is 2. The van der Waals surface area contributed by atoms with E-state index >= 15 is 0 Å². The number of hydrogen-bond acceptors (Lipinski definition) is 3. The Labute approximate surface area is 141 Å². The van der Waals surface area contributed by atoms with Gasteiger partial charge in [-0.05, 0) is 54.3 Å². The number of halogens is 2. The number of rotatable bonds is 5. The van der Waals surface area contributed by atoms with E-state index in [-0.39, 0.29) is 24.9 Å². The van der Waals surface area contributed by atoms with Gasteiger partial charge in [0.15, 0.2) is 0 Å². The van der Waals surface area contributed by atoms with Crippen molar-refractivity contribution in [1.29, 1.82) is 5.26 Å². The van der Waals surface area contributed by atoms with Gasteiger partial charge >= 0.3 is 0 Å². The number of aliphatic hydroxyl groups is 1. The molecule has 0 unspecified atom stereocenters. The summed E-state index contributed by atoms with van der Waals surface area (Å²) in [4.78, 5) is 0. The second-order valence-corrected chi connectivity index (χ2v) is 5.28. The Hall–Kier alpha value is -1.57. The van der Waals surface area contributed by atoms with Gasteiger partial charge in [-0.15, -0.1) is 12.4 Å². The van der Waals surface area contributed by atoms with Gasteiger partial charge in [0, 0.05) is 17.2 Å². The van der Waals surface area contributed by atoms with Crippen LogP contribution in [0.5, 0.6) is 0 Å². The summed E-state index contributed by atoms with van der Waals surface area (Å²) < 4.78 is 0. The molecule has 0 saturated carbocycles. The molecule has 3 nitrogen and oxygen atoms in total. The van der Waals surface area contributed by atoms with E-state index < -0.39 is 0 Å². The molecule has 0 spiro atoms. The molecule has 2 aromatic carbocycles. The van der Waals surface area contributed by atoms with Crippen molar-refractivity contribution in [2.24, 2.45) is 5.73 Å². The van der Waals surface area contributed by atoms with Gasteiger partial charge in [0.05, 0.1) is 11.6 Å². The van der Waals surface area contributed by atoms with Gasteiger partial charge in [0.1, 0.15) is 0 Å². The fourth-order valence-corrected chi connectivity index (χ4v) is 2.58. The fraction of sp³-hybridized carbons (Fsp3) is 0.235. The van der Waals surface area contributed by atoms with Crippen LogP contribution in [0.4, 0.5) is 0 Å². The van der Waals surface area contributed by atoms with Crippen molar-refractivity contribution >= 4 is 24.0 Å². The Morgan fingerprint density at radius 1 is 1.23 bits per heavy atom. The van der Waals surface area contributed by atoms with Gasteiger partial charge in [-0.25, -0.2) is 0 Å². The van der Waals surface area contributed by atoms with E-state index in [4.69, 9.17) is 27.7 Å². The predicted octanol–water partition coefficient (Wildman–Crippen LogP) is 3.73. The fourth-order valence-electron chi connectivity index (χ4n) is 2.35. The third-order valence-corrected chi connectivity index (χ3v) is 3.86. The van der Waals surface area contributed by atoms with Crippen molar-refractivity contribution in [3.8, 4) is 17.2 Å². The molecule has 0 bridgehead atoms. The van der Waals surface area contributed by atoms with Crippen LogP contribution in [0.25, 0.3) is 11.1 Å². The maximum atomic E-state index is 9.12. The highest BCUT2D eigenvalue weighted by Crippen LogP contribution is 2.32. The molecular formula is C17H18Cl2N2O. The molecule has 0 radical (unpaired) electrons. The standard InChI is InChI=1S/C17H17ClN2O.ClH/c18-17-5-4-13(15(11-20)6-7-21)9-16(17)14-3-1-2-12(8-14)10-19;/h1-5,8-9,15,21H,6-7,11,20H2;1H/t15-;/m0./s1. The van der Waals surface area contributed by atoms with Crippen molar-refractivity contribution in [3.05, 3.63) is 58.6 Å². The van der Waals surface area contributed by atoms with Gasteiger partial charge in [0.2, 0.25) is 0 Å². The van der Waals surface area contributed by atoms with Crippen molar-refractivity contribution in [1.82, 2.24) is 0 Å². The van der Waals surface area contributed by atoms with Crippen LogP contribution >= 0.6 is 24.0 Å². The average molecular weight is 337 g/mol. The molecule has 0 fully saturated rings. The summed E-state index contributed by atoms with van der Waals surface area (Å²) in [6.07, 6.45) is 0.621. The summed E-state index contributed by atoms with van der Waals surface area (Å²) in [6.45, 7) is 0.573. The van der Waals surface area contributed by atoms with Crippen LogP contribution < -0.4 is 5.73 Å². The SMILES string of the molecule is Cl.N#Cc1cccc(-c2cc([C@H](CN)CCO)ccc2Cl)c1. The van der Waals surface area contributed by atoms with Crippen LogP contribution in [0.2, 0.25) is 5.02 Å². The van der Waals surface area contributed by atoms with Gasteiger partial charge in [-0.3, -0.25) is 0 Å². The molecule has 116 valence electrons. The van der Waals surface area contributed by atoms with Crippen LogP contribution in [-0.2, 0) is 0 Å². The first-order valence-electron chi connectivity index (χ1n) is 6.80. The van der Waals surface area contributed by atoms with Crippen molar-refractivity contribution in [3.63, 3.8) is 0 Å². The molecular weight excluding hydrogens is 319 g/mol. The largest absolute Gasteiger partial charge is 0.396 e. The second-order valence-electron chi connectivity index (χ2n) is 4.88. The van der Waals surface area contributed by atoms with Gasteiger partial charge < -0.3 is 10.8 Å². The quantitative estimate of drug-likeness (QED) is 0.873. The van der Waals surface area contributed by atoms with E-state index in [0.717, 1.165) is 16.7 Å². The zero-order valence-corrected chi connectivity index (χ0v) is 13.6. The highest BCUT2D eigenvalue weighted by atomic mass is 35.5. The van der Waals surface area contributed by atoms with E-state index in [1.807, 2.05) is 36.4 Å². The molecule has 0 amide bonds. The third kappa shape index (κ3) is 4.22. The van der Waals surface area contributed by atoms with Crippen molar-refractivity contribution in [2.45, 2.75) is 12.3 Å². The molecule has 22 heavy (non-hydrogen) atoms. The minimum Gasteiger partial charge on any atom is -0.396 e. The molecule has 0 aliphatic carbocycles. The molecule has 2 rings (SSSR count). The minimum atomic E-state index is 0. The molecule has 1 atom stereocenters. The lowest BCUT2D eigenvalue weighted by atomic mass is 9.92.